The molecule has 1 saturated heterocycles. The van der Waals surface area contributed by atoms with Gasteiger partial charge in [-0.25, -0.2) is 0 Å². The molecule has 4 fully saturated rings. The summed E-state index contributed by atoms with van der Waals surface area (Å²) in [6.07, 6.45) is 9.83. The molecule has 7 atom stereocenters. The van der Waals surface area contributed by atoms with Crippen LogP contribution in [0.2, 0.25) is 0 Å². The molecule has 0 aromatic rings. The molecule has 32 heavy (non-hydrogen) atoms. The first kappa shape index (κ1) is 24.5. The highest BCUT2D eigenvalue weighted by Crippen LogP contribution is 2.73. The molecule has 0 aromatic heterocycles. The largest absolute Gasteiger partial charge is 0.366 e. The van der Waals surface area contributed by atoms with Gasteiger partial charge in [-0.15, -0.1) is 0 Å². The Bertz CT molecular complexity index is 698. The van der Waals surface area contributed by atoms with Gasteiger partial charge in [0.15, 0.2) is 0 Å². The zero-order valence-corrected chi connectivity index (χ0v) is 22.0. The summed E-state index contributed by atoms with van der Waals surface area (Å²) in [5.74, 6) is 2.16. The quantitative estimate of drug-likeness (QED) is 0.469. The van der Waals surface area contributed by atoms with Crippen molar-refractivity contribution in [1.29, 1.82) is 0 Å². The van der Waals surface area contributed by atoms with E-state index in [0.717, 1.165) is 44.9 Å². The van der Waals surface area contributed by atoms with Crippen molar-refractivity contribution in [2.24, 2.45) is 23.2 Å². The van der Waals surface area contributed by atoms with Crippen LogP contribution in [0.5, 0.6) is 0 Å². The highest BCUT2D eigenvalue weighted by atomic mass is 16.5. The van der Waals surface area contributed by atoms with Crippen molar-refractivity contribution in [3.8, 4) is 0 Å². The molecule has 184 valence electrons. The van der Waals surface area contributed by atoms with Gasteiger partial charge in [0.05, 0.1) is 17.2 Å². The van der Waals surface area contributed by atoms with Crippen LogP contribution in [0.4, 0.5) is 0 Å². The fourth-order valence-electron chi connectivity index (χ4n) is 8.61. The van der Waals surface area contributed by atoms with Gasteiger partial charge in [0.1, 0.15) is 0 Å². The van der Waals surface area contributed by atoms with Gasteiger partial charge in [-0.3, -0.25) is 4.79 Å². The molecule has 4 rings (SSSR count). The molecule has 1 heterocycles. The number of carbonyl (C=O) groups is 1. The van der Waals surface area contributed by atoms with E-state index in [2.05, 4.69) is 56.6 Å². The highest BCUT2D eigenvalue weighted by Gasteiger charge is 2.75. The summed E-state index contributed by atoms with van der Waals surface area (Å²) in [7, 11) is 6.51. The predicted molar refractivity (Wildman–Crippen MR) is 131 cm³/mol. The molecule has 4 aliphatic rings. The molecule has 0 aromatic carbocycles. The lowest BCUT2D eigenvalue weighted by Gasteiger charge is -2.57. The molecule has 0 N–H and O–H groups in total. The summed E-state index contributed by atoms with van der Waals surface area (Å²) in [5, 5.41) is 0. The molecule has 3 bridgehead atoms. The van der Waals surface area contributed by atoms with Crippen LogP contribution < -0.4 is 0 Å². The van der Waals surface area contributed by atoms with Crippen LogP contribution in [-0.4, -0.2) is 85.2 Å². The number of hydrogen-bond donors (Lipinski definition) is 0. The number of hydrogen-bond acceptors (Lipinski definition) is 4. The van der Waals surface area contributed by atoms with Gasteiger partial charge < -0.3 is 19.4 Å². The third-order valence-corrected chi connectivity index (χ3v) is 10.2. The highest BCUT2D eigenvalue weighted by molar-refractivity contribution is 5.74. The fourth-order valence-corrected chi connectivity index (χ4v) is 8.61. The monoisotopic (exact) mass is 447 g/mol. The van der Waals surface area contributed by atoms with E-state index in [1.807, 2.05) is 0 Å². The Morgan fingerprint density at radius 1 is 0.969 bits per heavy atom. The Morgan fingerprint density at radius 3 is 2.34 bits per heavy atom. The molecule has 0 unspecified atom stereocenters. The SMILES string of the molecule is CC(=O)N(CCCCN(C)CCCN(C)C)[C@H]1[C@@H]2C[C@]34CC[C@@]2(C)O[C@]1(C)[C@H]3CC[C@H]4C. The van der Waals surface area contributed by atoms with Crippen molar-refractivity contribution in [1.82, 2.24) is 14.7 Å². The number of carbonyl (C=O) groups excluding carboxylic acids is 1. The second-order valence-corrected chi connectivity index (χ2v) is 12.5. The minimum absolute atomic E-state index is 0.0465. The average molecular weight is 448 g/mol. The van der Waals surface area contributed by atoms with E-state index >= 15 is 0 Å². The molecule has 5 nitrogen and oxygen atoms in total. The van der Waals surface area contributed by atoms with Crippen molar-refractivity contribution in [2.45, 2.75) is 96.3 Å². The van der Waals surface area contributed by atoms with Gasteiger partial charge in [-0.05, 0) is 123 Å². The second kappa shape index (κ2) is 8.85. The van der Waals surface area contributed by atoms with Crippen molar-refractivity contribution >= 4 is 5.91 Å². The normalized spacial score (nSPS) is 42.2. The van der Waals surface area contributed by atoms with E-state index in [1.54, 1.807) is 6.92 Å². The van der Waals surface area contributed by atoms with Crippen LogP contribution >= 0.6 is 0 Å². The standard InChI is InChI=1S/C27H49N3O2/c1-20-11-12-23-26(4)24(22-19-27(20,23)14-13-25(22,3)32-26)30(21(2)31)18-9-8-16-29(7)17-10-15-28(5)6/h20,22-24H,8-19H2,1-7H3/t20-,22+,23-,24+,25-,26-,27+/m1/s1. The first-order valence-corrected chi connectivity index (χ1v) is 13.3. The number of nitrogens with zero attached hydrogens (tertiary/aromatic N) is 3. The summed E-state index contributed by atoms with van der Waals surface area (Å²) >= 11 is 0. The molecule has 5 heteroatoms. The third-order valence-electron chi connectivity index (χ3n) is 10.2. The first-order valence-electron chi connectivity index (χ1n) is 13.3. The van der Waals surface area contributed by atoms with E-state index < -0.39 is 0 Å². The fraction of sp³-hybridized carbons (Fsp3) is 0.963. The van der Waals surface area contributed by atoms with Crippen LogP contribution in [0.1, 0.15) is 79.1 Å². The minimum atomic E-state index is -0.173. The minimum Gasteiger partial charge on any atom is -0.366 e. The first-order chi connectivity index (χ1) is 15.0. The molecule has 0 radical (unpaired) electrons. The van der Waals surface area contributed by atoms with Crippen molar-refractivity contribution in [2.75, 3.05) is 47.3 Å². The number of ether oxygens (including phenoxy) is 1. The van der Waals surface area contributed by atoms with E-state index in [1.165, 1.54) is 38.5 Å². The van der Waals surface area contributed by atoms with E-state index in [0.29, 0.717) is 17.3 Å². The second-order valence-electron chi connectivity index (χ2n) is 12.5. The van der Waals surface area contributed by atoms with Gasteiger partial charge in [-0.1, -0.05) is 6.92 Å². The van der Waals surface area contributed by atoms with Gasteiger partial charge in [0.25, 0.3) is 0 Å². The van der Waals surface area contributed by atoms with E-state index in [9.17, 15) is 4.79 Å². The lowest BCUT2D eigenvalue weighted by molar-refractivity contribution is -0.152. The zero-order chi connectivity index (χ0) is 23.3. The molecule has 1 aliphatic heterocycles. The zero-order valence-electron chi connectivity index (χ0n) is 22.0. The van der Waals surface area contributed by atoms with Gasteiger partial charge in [-0.2, -0.15) is 0 Å². The van der Waals surface area contributed by atoms with Crippen molar-refractivity contribution in [3.05, 3.63) is 0 Å². The molecule has 1 amide bonds. The molecular weight excluding hydrogens is 398 g/mol. The van der Waals surface area contributed by atoms with Crippen molar-refractivity contribution < 1.29 is 9.53 Å². The number of fused-ring (bicyclic) bond motifs is 2. The maximum absolute atomic E-state index is 13.0. The Morgan fingerprint density at radius 2 is 1.66 bits per heavy atom. The van der Waals surface area contributed by atoms with Crippen LogP contribution in [0.3, 0.4) is 0 Å². The third kappa shape index (κ3) is 3.94. The Balaban J connectivity index is 1.41. The van der Waals surface area contributed by atoms with Gasteiger partial charge in [0, 0.05) is 19.4 Å². The Hall–Kier alpha value is -0.650. The van der Waals surface area contributed by atoms with Crippen LogP contribution in [0.25, 0.3) is 0 Å². The maximum Gasteiger partial charge on any atom is 0.219 e. The van der Waals surface area contributed by atoms with E-state index in [-0.39, 0.29) is 23.2 Å². The smallest absolute Gasteiger partial charge is 0.219 e. The average Bonchev–Trinajstić information content (AvgIpc) is 3.08. The lowest BCUT2D eigenvalue weighted by Crippen LogP contribution is -2.64. The lowest BCUT2D eigenvalue weighted by atomic mass is 9.49. The van der Waals surface area contributed by atoms with E-state index in [4.69, 9.17) is 4.74 Å². The predicted octanol–water partition coefficient (Wildman–Crippen LogP) is 4.26. The molecule has 1 spiro atoms. The number of amides is 1. The molecular formula is C27H49N3O2. The summed E-state index contributed by atoms with van der Waals surface area (Å²) < 4.78 is 7.05. The summed E-state index contributed by atoms with van der Waals surface area (Å²) in [6, 6.07) is 0.256. The summed E-state index contributed by atoms with van der Waals surface area (Å²) in [6.45, 7) is 13.3. The van der Waals surface area contributed by atoms with Gasteiger partial charge >= 0.3 is 0 Å². The van der Waals surface area contributed by atoms with Crippen molar-refractivity contribution in [3.63, 3.8) is 0 Å². The van der Waals surface area contributed by atoms with Crippen LogP contribution in [-0.2, 0) is 9.53 Å². The van der Waals surface area contributed by atoms with Gasteiger partial charge in [0.2, 0.25) is 5.91 Å². The Labute approximate surface area is 197 Å². The topological polar surface area (TPSA) is 36.0 Å². The Kier molecular flexibility index (Phi) is 6.77. The number of rotatable bonds is 10. The summed E-state index contributed by atoms with van der Waals surface area (Å²) in [5.41, 5.74) is 0.242. The van der Waals surface area contributed by atoms with Crippen LogP contribution in [0.15, 0.2) is 0 Å². The number of unbranched alkanes of at least 4 members (excludes halogenated alkanes) is 1. The van der Waals surface area contributed by atoms with Crippen LogP contribution in [0, 0.1) is 23.2 Å². The molecule has 3 aliphatic carbocycles. The molecule has 3 saturated carbocycles. The maximum atomic E-state index is 13.0. The summed E-state index contributed by atoms with van der Waals surface area (Å²) in [4.78, 5) is 19.9.